The van der Waals surface area contributed by atoms with E-state index in [4.69, 9.17) is 4.84 Å². The van der Waals surface area contributed by atoms with Crippen LogP contribution in [-0.4, -0.2) is 13.0 Å². The van der Waals surface area contributed by atoms with Crippen molar-refractivity contribution in [3.05, 3.63) is 35.4 Å². The average molecular weight is 193 g/mol. The first-order valence-corrected chi connectivity index (χ1v) is 4.75. The number of benzene rings is 1. The number of hydrogen-bond acceptors (Lipinski definition) is 3. The Morgan fingerprint density at radius 2 is 2.14 bits per heavy atom. The summed E-state index contributed by atoms with van der Waals surface area (Å²) < 4.78 is 0. The predicted octanol–water partition coefficient (Wildman–Crippen LogP) is 1.93. The fourth-order valence-corrected chi connectivity index (χ4v) is 1.35. The Balaban J connectivity index is 2.88. The minimum atomic E-state index is -0.323. The summed E-state index contributed by atoms with van der Waals surface area (Å²) in [5, 5.41) is 0. The third-order valence-electron chi connectivity index (χ3n) is 1.95. The molecule has 1 N–H and O–H groups in total. The number of carbonyl (C=O) groups excluding carboxylic acids is 1. The lowest BCUT2D eigenvalue weighted by molar-refractivity contribution is 0.0308. The summed E-state index contributed by atoms with van der Waals surface area (Å²) in [6, 6.07) is 7.51. The zero-order chi connectivity index (χ0) is 10.4. The third kappa shape index (κ3) is 2.57. The number of aryl methyl sites for hydroxylation is 1. The molecule has 0 aliphatic heterocycles. The Labute approximate surface area is 84.0 Å². The standard InChI is InChI=1S/C11H15NO2/c1-3-6-9-7-4-5-8-10(9)11(13)14-12-2/h4-5,7-8,12H,3,6H2,1-2H3. The van der Waals surface area contributed by atoms with Gasteiger partial charge in [-0.15, -0.1) is 0 Å². The van der Waals surface area contributed by atoms with Gasteiger partial charge in [-0.2, -0.15) is 5.48 Å². The van der Waals surface area contributed by atoms with Crippen molar-refractivity contribution < 1.29 is 9.63 Å². The van der Waals surface area contributed by atoms with Crippen molar-refractivity contribution in [2.75, 3.05) is 7.05 Å². The zero-order valence-electron chi connectivity index (χ0n) is 8.54. The highest BCUT2D eigenvalue weighted by Gasteiger charge is 2.10. The van der Waals surface area contributed by atoms with Gasteiger partial charge in [-0.05, 0) is 18.1 Å². The van der Waals surface area contributed by atoms with Gasteiger partial charge in [-0.25, -0.2) is 4.79 Å². The van der Waals surface area contributed by atoms with Crippen LogP contribution in [0, 0.1) is 0 Å². The van der Waals surface area contributed by atoms with Crippen LogP contribution in [0.3, 0.4) is 0 Å². The van der Waals surface area contributed by atoms with E-state index in [9.17, 15) is 4.79 Å². The second kappa shape index (κ2) is 5.40. The Morgan fingerprint density at radius 1 is 1.43 bits per heavy atom. The number of carbonyl (C=O) groups is 1. The van der Waals surface area contributed by atoms with Gasteiger partial charge in [0.1, 0.15) is 0 Å². The summed E-state index contributed by atoms with van der Waals surface area (Å²) in [5.74, 6) is -0.323. The number of hydrogen-bond donors (Lipinski definition) is 1. The first kappa shape index (κ1) is 10.7. The fraction of sp³-hybridized carbons (Fsp3) is 0.364. The summed E-state index contributed by atoms with van der Waals surface area (Å²) in [6.07, 6.45) is 1.92. The van der Waals surface area contributed by atoms with Crippen molar-refractivity contribution in [3.8, 4) is 0 Å². The normalized spacial score (nSPS) is 9.86. The van der Waals surface area contributed by atoms with Gasteiger partial charge < -0.3 is 4.84 Å². The van der Waals surface area contributed by atoms with E-state index in [1.807, 2.05) is 18.2 Å². The van der Waals surface area contributed by atoms with Crippen molar-refractivity contribution in [3.63, 3.8) is 0 Å². The summed E-state index contributed by atoms with van der Waals surface area (Å²) in [5.41, 5.74) is 4.07. The SMILES string of the molecule is CCCc1ccccc1C(=O)ONC. The van der Waals surface area contributed by atoms with E-state index in [2.05, 4.69) is 12.4 Å². The molecule has 0 saturated carbocycles. The van der Waals surface area contributed by atoms with E-state index < -0.39 is 0 Å². The number of rotatable bonds is 4. The Kier molecular flexibility index (Phi) is 4.13. The molecule has 1 aromatic rings. The molecule has 0 amide bonds. The van der Waals surface area contributed by atoms with Gasteiger partial charge in [0, 0.05) is 7.05 Å². The van der Waals surface area contributed by atoms with E-state index in [0.717, 1.165) is 18.4 Å². The Bertz CT molecular complexity index is 310. The summed E-state index contributed by atoms with van der Waals surface area (Å²) in [7, 11) is 1.57. The van der Waals surface area contributed by atoms with Crippen LogP contribution in [0.4, 0.5) is 0 Å². The first-order chi connectivity index (χ1) is 6.79. The monoisotopic (exact) mass is 193 g/mol. The lowest BCUT2D eigenvalue weighted by Gasteiger charge is -2.06. The maximum absolute atomic E-state index is 11.5. The number of hydroxylamine groups is 1. The van der Waals surface area contributed by atoms with Crippen molar-refractivity contribution in [1.82, 2.24) is 5.48 Å². The first-order valence-electron chi connectivity index (χ1n) is 4.75. The molecule has 3 heteroatoms. The van der Waals surface area contributed by atoms with E-state index >= 15 is 0 Å². The van der Waals surface area contributed by atoms with Crippen LogP contribution in [0.15, 0.2) is 24.3 Å². The molecule has 0 unspecified atom stereocenters. The molecular formula is C11H15NO2. The van der Waals surface area contributed by atoms with Gasteiger partial charge in [0.05, 0.1) is 5.56 Å². The summed E-state index contributed by atoms with van der Waals surface area (Å²) in [4.78, 5) is 16.2. The van der Waals surface area contributed by atoms with Crippen LogP contribution in [0.1, 0.15) is 29.3 Å². The molecule has 0 spiro atoms. The van der Waals surface area contributed by atoms with E-state index in [1.165, 1.54) is 0 Å². The van der Waals surface area contributed by atoms with Gasteiger partial charge in [-0.1, -0.05) is 31.5 Å². The molecule has 0 radical (unpaired) electrons. The van der Waals surface area contributed by atoms with Gasteiger partial charge in [0.2, 0.25) is 0 Å². The highest BCUT2D eigenvalue weighted by atomic mass is 16.7. The van der Waals surface area contributed by atoms with Gasteiger partial charge in [0.25, 0.3) is 0 Å². The molecule has 0 aromatic heterocycles. The molecule has 0 saturated heterocycles. The van der Waals surface area contributed by atoms with E-state index in [0.29, 0.717) is 5.56 Å². The van der Waals surface area contributed by atoms with Gasteiger partial charge in [-0.3, -0.25) is 0 Å². The van der Waals surface area contributed by atoms with Crippen LogP contribution < -0.4 is 5.48 Å². The molecule has 0 fully saturated rings. The number of nitrogens with one attached hydrogen (secondary N) is 1. The van der Waals surface area contributed by atoms with E-state index in [-0.39, 0.29) is 5.97 Å². The molecule has 0 aliphatic rings. The highest BCUT2D eigenvalue weighted by molar-refractivity contribution is 5.90. The summed E-state index contributed by atoms with van der Waals surface area (Å²) >= 11 is 0. The van der Waals surface area contributed by atoms with Crippen molar-refractivity contribution in [1.29, 1.82) is 0 Å². The summed E-state index contributed by atoms with van der Waals surface area (Å²) in [6.45, 7) is 2.08. The van der Waals surface area contributed by atoms with Crippen molar-refractivity contribution in [2.24, 2.45) is 0 Å². The molecule has 1 rings (SSSR count). The second-order valence-electron chi connectivity index (χ2n) is 3.00. The smallest absolute Gasteiger partial charge is 0.357 e. The average Bonchev–Trinajstić information content (AvgIpc) is 2.19. The van der Waals surface area contributed by atoms with Gasteiger partial charge >= 0.3 is 5.97 Å². The largest absolute Gasteiger partial charge is 0.367 e. The second-order valence-corrected chi connectivity index (χ2v) is 3.00. The Morgan fingerprint density at radius 3 is 2.79 bits per heavy atom. The Hall–Kier alpha value is -1.35. The van der Waals surface area contributed by atoms with Crippen molar-refractivity contribution >= 4 is 5.97 Å². The molecule has 76 valence electrons. The van der Waals surface area contributed by atoms with Gasteiger partial charge in [0.15, 0.2) is 0 Å². The topological polar surface area (TPSA) is 38.3 Å². The maximum Gasteiger partial charge on any atom is 0.357 e. The zero-order valence-corrected chi connectivity index (χ0v) is 8.54. The van der Waals surface area contributed by atoms with Crippen LogP contribution in [0.2, 0.25) is 0 Å². The maximum atomic E-state index is 11.5. The minimum Gasteiger partial charge on any atom is -0.367 e. The predicted molar refractivity (Wildman–Crippen MR) is 54.9 cm³/mol. The molecule has 0 bridgehead atoms. The molecule has 0 aliphatic carbocycles. The van der Waals surface area contributed by atoms with Crippen LogP contribution in [0.5, 0.6) is 0 Å². The quantitative estimate of drug-likeness (QED) is 0.742. The molecule has 1 aromatic carbocycles. The minimum absolute atomic E-state index is 0.323. The van der Waals surface area contributed by atoms with Crippen LogP contribution in [0.25, 0.3) is 0 Å². The third-order valence-corrected chi connectivity index (χ3v) is 1.95. The highest BCUT2D eigenvalue weighted by Crippen LogP contribution is 2.11. The van der Waals surface area contributed by atoms with Crippen LogP contribution >= 0.6 is 0 Å². The molecule has 14 heavy (non-hydrogen) atoms. The molecular weight excluding hydrogens is 178 g/mol. The van der Waals surface area contributed by atoms with Crippen LogP contribution in [-0.2, 0) is 11.3 Å². The fourth-order valence-electron chi connectivity index (χ4n) is 1.35. The molecule has 0 heterocycles. The molecule has 0 atom stereocenters. The van der Waals surface area contributed by atoms with Crippen molar-refractivity contribution in [2.45, 2.75) is 19.8 Å². The lowest BCUT2D eigenvalue weighted by Crippen LogP contribution is -2.16. The lowest BCUT2D eigenvalue weighted by atomic mass is 10.0. The van der Waals surface area contributed by atoms with E-state index in [1.54, 1.807) is 13.1 Å². The molecule has 3 nitrogen and oxygen atoms in total.